The SMILES string of the molecule is CC(CCc1ccccc1)N1CCc2c(N)cccc2C1. The smallest absolute Gasteiger partial charge is 0.0350 e. The van der Waals surface area contributed by atoms with Gasteiger partial charge in [0.1, 0.15) is 0 Å². The van der Waals surface area contributed by atoms with Crippen molar-refractivity contribution in [2.24, 2.45) is 0 Å². The maximum Gasteiger partial charge on any atom is 0.0350 e. The Labute approximate surface area is 127 Å². The zero-order valence-corrected chi connectivity index (χ0v) is 12.8. The third kappa shape index (κ3) is 3.27. The zero-order valence-electron chi connectivity index (χ0n) is 12.8. The minimum absolute atomic E-state index is 0.611. The van der Waals surface area contributed by atoms with Gasteiger partial charge in [-0.1, -0.05) is 42.5 Å². The van der Waals surface area contributed by atoms with Gasteiger partial charge >= 0.3 is 0 Å². The molecule has 3 rings (SSSR count). The van der Waals surface area contributed by atoms with Crippen LogP contribution in [0.3, 0.4) is 0 Å². The van der Waals surface area contributed by atoms with Gasteiger partial charge in [-0.25, -0.2) is 0 Å². The third-order valence-corrected chi connectivity index (χ3v) is 4.65. The number of anilines is 1. The van der Waals surface area contributed by atoms with Gasteiger partial charge in [-0.2, -0.15) is 0 Å². The van der Waals surface area contributed by atoms with Crippen molar-refractivity contribution in [2.45, 2.75) is 38.8 Å². The summed E-state index contributed by atoms with van der Waals surface area (Å²) < 4.78 is 0. The Balaban J connectivity index is 1.60. The van der Waals surface area contributed by atoms with E-state index in [-0.39, 0.29) is 0 Å². The number of benzene rings is 2. The Morgan fingerprint density at radius 1 is 1.10 bits per heavy atom. The van der Waals surface area contributed by atoms with E-state index in [9.17, 15) is 0 Å². The van der Waals surface area contributed by atoms with Crippen LogP contribution in [0.25, 0.3) is 0 Å². The van der Waals surface area contributed by atoms with Crippen LogP contribution in [0.4, 0.5) is 5.69 Å². The highest BCUT2D eigenvalue weighted by molar-refractivity contribution is 5.51. The van der Waals surface area contributed by atoms with Crippen molar-refractivity contribution in [3.63, 3.8) is 0 Å². The first-order valence-electron chi connectivity index (χ1n) is 7.88. The molecule has 0 bridgehead atoms. The first-order chi connectivity index (χ1) is 10.2. The molecule has 1 heterocycles. The van der Waals surface area contributed by atoms with Crippen LogP contribution in [0.2, 0.25) is 0 Å². The Hall–Kier alpha value is -1.80. The van der Waals surface area contributed by atoms with E-state index in [0.29, 0.717) is 6.04 Å². The topological polar surface area (TPSA) is 29.3 Å². The van der Waals surface area contributed by atoms with Gasteiger partial charge in [0.2, 0.25) is 0 Å². The van der Waals surface area contributed by atoms with Gasteiger partial charge < -0.3 is 5.73 Å². The first-order valence-corrected chi connectivity index (χ1v) is 7.88. The predicted octanol–water partition coefficient (Wildman–Crippen LogP) is 3.65. The molecular weight excluding hydrogens is 256 g/mol. The summed E-state index contributed by atoms with van der Waals surface area (Å²) in [6.07, 6.45) is 3.45. The van der Waals surface area contributed by atoms with E-state index in [1.54, 1.807) is 0 Å². The third-order valence-electron chi connectivity index (χ3n) is 4.65. The molecule has 2 nitrogen and oxygen atoms in total. The fourth-order valence-electron chi connectivity index (χ4n) is 3.24. The number of hydrogen-bond acceptors (Lipinski definition) is 2. The van der Waals surface area contributed by atoms with Crippen molar-refractivity contribution in [1.82, 2.24) is 4.90 Å². The molecule has 1 unspecified atom stereocenters. The quantitative estimate of drug-likeness (QED) is 0.866. The maximum absolute atomic E-state index is 6.08. The molecule has 0 fully saturated rings. The highest BCUT2D eigenvalue weighted by Gasteiger charge is 2.21. The Bertz CT molecular complexity index is 592. The molecule has 1 atom stereocenters. The van der Waals surface area contributed by atoms with E-state index in [4.69, 9.17) is 5.73 Å². The van der Waals surface area contributed by atoms with Gasteiger partial charge in [0.25, 0.3) is 0 Å². The number of fused-ring (bicyclic) bond motifs is 1. The van der Waals surface area contributed by atoms with Gasteiger partial charge in [0.15, 0.2) is 0 Å². The van der Waals surface area contributed by atoms with Crippen molar-refractivity contribution in [3.05, 3.63) is 65.2 Å². The molecule has 21 heavy (non-hydrogen) atoms. The number of nitrogen functional groups attached to an aromatic ring is 1. The minimum atomic E-state index is 0.611. The van der Waals surface area contributed by atoms with E-state index in [2.05, 4.69) is 54.3 Å². The molecule has 0 saturated carbocycles. The monoisotopic (exact) mass is 280 g/mol. The lowest BCUT2D eigenvalue weighted by molar-refractivity contribution is 0.182. The maximum atomic E-state index is 6.08. The summed E-state index contributed by atoms with van der Waals surface area (Å²) in [5.41, 5.74) is 11.3. The predicted molar refractivity (Wildman–Crippen MR) is 89.2 cm³/mol. The van der Waals surface area contributed by atoms with Crippen molar-refractivity contribution >= 4 is 5.69 Å². The van der Waals surface area contributed by atoms with E-state index in [1.807, 2.05) is 6.07 Å². The molecule has 0 saturated heterocycles. The lowest BCUT2D eigenvalue weighted by atomic mass is 9.96. The summed E-state index contributed by atoms with van der Waals surface area (Å²) in [5.74, 6) is 0. The molecule has 0 aliphatic carbocycles. The zero-order chi connectivity index (χ0) is 14.7. The molecule has 2 aromatic carbocycles. The number of aryl methyl sites for hydroxylation is 1. The Morgan fingerprint density at radius 3 is 2.71 bits per heavy atom. The highest BCUT2D eigenvalue weighted by Crippen LogP contribution is 2.26. The van der Waals surface area contributed by atoms with Crippen molar-refractivity contribution < 1.29 is 0 Å². The lowest BCUT2D eigenvalue weighted by Crippen LogP contribution is -2.38. The average Bonchev–Trinajstić information content (AvgIpc) is 2.53. The molecule has 110 valence electrons. The normalized spacial score (nSPS) is 16.4. The average molecular weight is 280 g/mol. The van der Waals surface area contributed by atoms with E-state index in [1.165, 1.54) is 23.1 Å². The number of hydrogen-bond donors (Lipinski definition) is 1. The lowest BCUT2D eigenvalue weighted by Gasteiger charge is -2.34. The molecule has 2 heteroatoms. The van der Waals surface area contributed by atoms with Gasteiger partial charge in [-0.15, -0.1) is 0 Å². The number of nitrogens with two attached hydrogens (primary N) is 1. The van der Waals surface area contributed by atoms with Crippen molar-refractivity contribution in [2.75, 3.05) is 12.3 Å². The summed E-state index contributed by atoms with van der Waals surface area (Å²) in [7, 11) is 0. The molecule has 2 aromatic rings. The van der Waals surface area contributed by atoms with Crippen LogP contribution in [0.1, 0.15) is 30.0 Å². The summed E-state index contributed by atoms with van der Waals surface area (Å²) in [5, 5.41) is 0. The number of rotatable bonds is 4. The van der Waals surface area contributed by atoms with Crippen LogP contribution >= 0.6 is 0 Å². The van der Waals surface area contributed by atoms with Crippen LogP contribution in [0, 0.1) is 0 Å². The summed E-state index contributed by atoms with van der Waals surface area (Å²) in [4.78, 5) is 2.59. The summed E-state index contributed by atoms with van der Waals surface area (Å²) in [6, 6.07) is 17.7. The van der Waals surface area contributed by atoms with Crippen LogP contribution < -0.4 is 5.73 Å². The Kier molecular flexibility index (Phi) is 4.26. The molecule has 0 radical (unpaired) electrons. The molecule has 0 spiro atoms. The van der Waals surface area contributed by atoms with Crippen LogP contribution in [-0.4, -0.2) is 17.5 Å². The molecule has 2 N–H and O–H groups in total. The van der Waals surface area contributed by atoms with Gasteiger partial charge in [0, 0.05) is 24.8 Å². The molecule has 1 aliphatic heterocycles. The second-order valence-corrected chi connectivity index (χ2v) is 6.08. The van der Waals surface area contributed by atoms with Crippen LogP contribution in [0.15, 0.2) is 48.5 Å². The Morgan fingerprint density at radius 2 is 1.90 bits per heavy atom. The van der Waals surface area contributed by atoms with Crippen molar-refractivity contribution in [1.29, 1.82) is 0 Å². The second-order valence-electron chi connectivity index (χ2n) is 6.08. The fraction of sp³-hybridized carbons (Fsp3) is 0.368. The van der Waals surface area contributed by atoms with Gasteiger partial charge in [-0.3, -0.25) is 4.90 Å². The first kappa shape index (κ1) is 14.2. The molecule has 1 aliphatic rings. The van der Waals surface area contributed by atoms with Gasteiger partial charge in [0.05, 0.1) is 0 Å². The van der Waals surface area contributed by atoms with E-state index >= 15 is 0 Å². The largest absolute Gasteiger partial charge is 0.398 e. The fourth-order valence-corrected chi connectivity index (χ4v) is 3.24. The van der Waals surface area contributed by atoms with Gasteiger partial charge in [-0.05, 0) is 48.9 Å². The molecule has 0 aromatic heterocycles. The van der Waals surface area contributed by atoms with E-state index in [0.717, 1.165) is 31.6 Å². The summed E-state index contributed by atoms with van der Waals surface area (Å²) >= 11 is 0. The standard InChI is InChI=1S/C19H24N2/c1-15(10-11-16-6-3-2-4-7-16)21-13-12-18-17(14-21)8-5-9-19(18)20/h2-9,15H,10-14,20H2,1H3. The molecule has 0 amide bonds. The van der Waals surface area contributed by atoms with Crippen molar-refractivity contribution in [3.8, 4) is 0 Å². The summed E-state index contributed by atoms with van der Waals surface area (Å²) in [6.45, 7) is 4.51. The van der Waals surface area contributed by atoms with E-state index < -0.39 is 0 Å². The highest BCUT2D eigenvalue weighted by atomic mass is 15.2. The van der Waals surface area contributed by atoms with Crippen LogP contribution in [-0.2, 0) is 19.4 Å². The minimum Gasteiger partial charge on any atom is -0.398 e. The van der Waals surface area contributed by atoms with Crippen LogP contribution in [0.5, 0.6) is 0 Å². The second kappa shape index (κ2) is 6.31. The number of nitrogens with zero attached hydrogens (tertiary/aromatic N) is 1. The molecular formula is C19H24N2.